The van der Waals surface area contributed by atoms with Crippen LogP contribution in [0.25, 0.3) is 6.08 Å². The highest BCUT2D eigenvalue weighted by Crippen LogP contribution is 2.64. The van der Waals surface area contributed by atoms with Gasteiger partial charge in [0.2, 0.25) is 0 Å². The Bertz CT molecular complexity index is 1100. The minimum atomic E-state index is -0.952. The second-order valence-electron chi connectivity index (χ2n) is 10.2. The maximum atomic E-state index is 13.1. The Labute approximate surface area is 205 Å². The van der Waals surface area contributed by atoms with Gasteiger partial charge in [-0.05, 0) is 48.8 Å². The van der Waals surface area contributed by atoms with E-state index in [1.54, 1.807) is 6.08 Å². The summed E-state index contributed by atoms with van der Waals surface area (Å²) < 4.78 is 18.9. The van der Waals surface area contributed by atoms with Crippen LogP contribution in [-0.2, 0) is 29.4 Å². The van der Waals surface area contributed by atoms with Gasteiger partial charge in [-0.2, -0.15) is 0 Å². The molecule has 184 valence electrons. The lowest BCUT2D eigenvalue weighted by atomic mass is 9.70. The van der Waals surface area contributed by atoms with Crippen molar-refractivity contribution in [2.24, 2.45) is 17.8 Å². The van der Waals surface area contributed by atoms with E-state index in [4.69, 9.17) is 14.2 Å². The minimum Gasteiger partial charge on any atom is -0.457 e. The van der Waals surface area contributed by atoms with E-state index >= 15 is 0 Å². The summed E-state index contributed by atoms with van der Waals surface area (Å²) in [5.74, 6) is -0.660. The Morgan fingerprint density at radius 2 is 1.74 bits per heavy atom. The summed E-state index contributed by atoms with van der Waals surface area (Å²) in [6, 6.07) is 19.4. The lowest BCUT2D eigenvalue weighted by Gasteiger charge is -2.51. The molecule has 2 saturated heterocycles. The van der Waals surface area contributed by atoms with Crippen LogP contribution >= 0.6 is 0 Å². The molecule has 3 fully saturated rings. The molecule has 7 atom stereocenters. The van der Waals surface area contributed by atoms with E-state index in [9.17, 15) is 14.7 Å². The van der Waals surface area contributed by atoms with Crippen molar-refractivity contribution in [2.45, 2.75) is 56.5 Å². The van der Waals surface area contributed by atoms with Gasteiger partial charge in [-0.1, -0.05) is 67.6 Å². The molecule has 1 N–H and O–H groups in total. The molecule has 2 aromatic rings. The quantitative estimate of drug-likeness (QED) is 0.495. The topological polar surface area (TPSA) is 82.1 Å². The van der Waals surface area contributed by atoms with Crippen molar-refractivity contribution in [3.05, 3.63) is 77.9 Å². The first-order valence-corrected chi connectivity index (χ1v) is 12.4. The Morgan fingerprint density at radius 3 is 2.43 bits per heavy atom. The Hall–Kier alpha value is -2.96. The number of aliphatic hydroxyl groups excluding tert-OH is 1. The molecule has 0 aromatic heterocycles. The van der Waals surface area contributed by atoms with Crippen LogP contribution in [0.15, 0.2) is 66.7 Å². The van der Waals surface area contributed by atoms with Crippen molar-refractivity contribution in [1.29, 1.82) is 0 Å². The highest BCUT2D eigenvalue weighted by Gasteiger charge is 2.72. The molecule has 2 aliphatic heterocycles. The molecular weight excluding hydrogens is 444 g/mol. The van der Waals surface area contributed by atoms with E-state index in [1.165, 1.54) is 6.08 Å². The number of hydrogen-bond donors (Lipinski definition) is 1. The molecule has 0 radical (unpaired) electrons. The molecule has 6 heteroatoms. The highest BCUT2D eigenvalue weighted by molar-refractivity contribution is 5.87. The molecule has 5 rings (SSSR count). The van der Waals surface area contributed by atoms with E-state index in [1.807, 2.05) is 67.6 Å². The summed E-state index contributed by atoms with van der Waals surface area (Å²) in [5, 5.41) is 9.36. The van der Waals surface area contributed by atoms with E-state index in [0.29, 0.717) is 12.3 Å². The lowest BCUT2D eigenvalue weighted by molar-refractivity contribution is -0.257. The van der Waals surface area contributed by atoms with Gasteiger partial charge in [0.05, 0.1) is 0 Å². The van der Waals surface area contributed by atoms with Crippen LogP contribution in [0.5, 0.6) is 0 Å². The highest BCUT2D eigenvalue weighted by atomic mass is 16.6. The van der Waals surface area contributed by atoms with Crippen LogP contribution in [0.1, 0.15) is 44.2 Å². The molecule has 35 heavy (non-hydrogen) atoms. The SMILES string of the molecule is C[C@@H]1CC[C@@H]2[C@@H]1[C@H](OC(=O)/C=C/c1ccccc1)[C@]1(c3ccccc3)C[C@@H](OC(=O)CO)[C@@]2(C)O1. The summed E-state index contributed by atoms with van der Waals surface area (Å²) in [5.41, 5.74) is 0.125. The van der Waals surface area contributed by atoms with Crippen LogP contribution in [-0.4, -0.2) is 41.5 Å². The van der Waals surface area contributed by atoms with Gasteiger partial charge in [-0.3, -0.25) is 0 Å². The summed E-state index contributed by atoms with van der Waals surface area (Å²) >= 11 is 0. The average Bonchev–Trinajstić information content (AvgIpc) is 3.39. The molecule has 2 bridgehead atoms. The van der Waals surface area contributed by atoms with Gasteiger partial charge in [0.15, 0.2) is 0 Å². The van der Waals surface area contributed by atoms with Gasteiger partial charge < -0.3 is 19.3 Å². The van der Waals surface area contributed by atoms with Crippen LogP contribution in [0.4, 0.5) is 0 Å². The fourth-order valence-corrected chi connectivity index (χ4v) is 6.66. The van der Waals surface area contributed by atoms with Crippen LogP contribution < -0.4 is 0 Å². The summed E-state index contributed by atoms with van der Waals surface area (Å²) in [7, 11) is 0. The maximum Gasteiger partial charge on any atom is 0.332 e. The molecule has 6 nitrogen and oxygen atoms in total. The van der Waals surface area contributed by atoms with E-state index in [-0.39, 0.29) is 11.8 Å². The van der Waals surface area contributed by atoms with Crippen molar-refractivity contribution < 1.29 is 28.9 Å². The Morgan fingerprint density at radius 1 is 1.06 bits per heavy atom. The third-order valence-corrected chi connectivity index (χ3v) is 8.25. The van der Waals surface area contributed by atoms with Crippen LogP contribution in [0, 0.1) is 17.8 Å². The van der Waals surface area contributed by atoms with Crippen molar-refractivity contribution in [2.75, 3.05) is 6.61 Å². The molecule has 1 aliphatic carbocycles. The summed E-state index contributed by atoms with van der Waals surface area (Å²) in [6.07, 6.45) is 4.37. The van der Waals surface area contributed by atoms with Gasteiger partial charge in [0.1, 0.15) is 30.0 Å². The van der Waals surface area contributed by atoms with Crippen molar-refractivity contribution in [3.63, 3.8) is 0 Å². The monoisotopic (exact) mass is 476 g/mol. The first kappa shape index (κ1) is 23.8. The fourth-order valence-electron chi connectivity index (χ4n) is 6.66. The zero-order chi connectivity index (χ0) is 24.6. The number of aliphatic hydroxyl groups is 1. The van der Waals surface area contributed by atoms with Crippen LogP contribution in [0.3, 0.4) is 0 Å². The minimum absolute atomic E-state index is 0.0564. The van der Waals surface area contributed by atoms with Gasteiger partial charge in [-0.25, -0.2) is 9.59 Å². The fraction of sp³-hybridized carbons (Fsp3) is 0.448. The number of ether oxygens (including phenoxy) is 3. The normalized spacial score (nSPS) is 35.6. The number of carbonyl (C=O) groups is 2. The standard InChI is InChI=1S/C29H32O6/c1-19-13-15-22-26(19)27(34-24(31)16-14-20-9-5-3-6-10-20)29(21-11-7-4-8-12-21)17-23(28(22,2)35-29)33-25(32)18-30/h3-12,14,16,19,22-23,26-27,30H,13,15,17-18H2,1-2H3/b16-14+/t19-,22-,23-,26-,27+,28+,29-/m1/s1. The van der Waals surface area contributed by atoms with Gasteiger partial charge in [-0.15, -0.1) is 0 Å². The molecule has 2 heterocycles. The number of benzene rings is 2. The van der Waals surface area contributed by atoms with Gasteiger partial charge >= 0.3 is 11.9 Å². The van der Waals surface area contributed by atoms with E-state index < -0.39 is 42.0 Å². The molecule has 1 saturated carbocycles. The second-order valence-corrected chi connectivity index (χ2v) is 10.2. The summed E-state index contributed by atoms with van der Waals surface area (Å²) in [6.45, 7) is 3.53. The second kappa shape index (κ2) is 9.25. The zero-order valence-corrected chi connectivity index (χ0v) is 20.1. The number of rotatable bonds is 6. The zero-order valence-electron chi connectivity index (χ0n) is 20.1. The maximum absolute atomic E-state index is 13.1. The molecule has 2 aromatic carbocycles. The van der Waals surface area contributed by atoms with Gasteiger partial charge in [0, 0.05) is 18.4 Å². The first-order valence-electron chi connectivity index (χ1n) is 12.4. The third-order valence-electron chi connectivity index (χ3n) is 8.25. The number of carbonyl (C=O) groups excluding carboxylic acids is 2. The van der Waals surface area contributed by atoms with E-state index in [0.717, 1.165) is 24.0 Å². The van der Waals surface area contributed by atoms with E-state index in [2.05, 4.69) is 6.92 Å². The first-order chi connectivity index (χ1) is 16.9. The average molecular weight is 477 g/mol. The summed E-state index contributed by atoms with van der Waals surface area (Å²) in [4.78, 5) is 25.3. The number of fused-ring (bicyclic) bond motifs is 4. The lowest BCUT2D eigenvalue weighted by Crippen LogP contribution is -2.59. The Balaban J connectivity index is 1.54. The molecule has 0 amide bonds. The third kappa shape index (κ3) is 4.09. The van der Waals surface area contributed by atoms with Gasteiger partial charge in [0.25, 0.3) is 0 Å². The largest absolute Gasteiger partial charge is 0.457 e. The smallest absolute Gasteiger partial charge is 0.332 e. The predicted molar refractivity (Wildman–Crippen MR) is 130 cm³/mol. The molecule has 0 spiro atoms. The molecular formula is C29H32O6. The van der Waals surface area contributed by atoms with Crippen LogP contribution in [0.2, 0.25) is 0 Å². The number of esters is 2. The van der Waals surface area contributed by atoms with Crippen molar-refractivity contribution >= 4 is 18.0 Å². The number of hydrogen-bond acceptors (Lipinski definition) is 6. The predicted octanol–water partition coefficient (Wildman–Crippen LogP) is 4.27. The molecule has 0 unspecified atom stereocenters. The molecule has 3 aliphatic rings. The Kier molecular flexibility index (Phi) is 6.28. The van der Waals surface area contributed by atoms with Crippen molar-refractivity contribution in [3.8, 4) is 0 Å². The van der Waals surface area contributed by atoms with Crippen molar-refractivity contribution in [1.82, 2.24) is 0 Å².